The van der Waals surface area contributed by atoms with E-state index in [2.05, 4.69) is 0 Å². The van der Waals surface area contributed by atoms with Gasteiger partial charge in [-0.15, -0.1) is 0 Å². The number of carbonyl (C=O) groups excluding carboxylic acids is 1. The first-order chi connectivity index (χ1) is 12.1. The van der Waals surface area contributed by atoms with E-state index in [0.29, 0.717) is 35.4 Å². The summed E-state index contributed by atoms with van der Waals surface area (Å²) in [5, 5.41) is 0.547. The van der Waals surface area contributed by atoms with Crippen LogP contribution in [0.4, 0.5) is 0 Å². The SMILES string of the molecule is CC1Oc2ccccc2OC1C(=O)N(C)CCOc1ccccc1Cl. The third-order valence-electron chi connectivity index (χ3n) is 3.98. The molecule has 132 valence electrons. The highest BCUT2D eigenvalue weighted by Crippen LogP contribution is 2.33. The second-order valence-corrected chi connectivity index (χ2v) is 6.25. The van der Waals surface area contributed by atoms with E-state index in [-0.39, 0.29) is 12.0 Å². The Morgan fingerprint density at radius 1 is 1.12 bits per heavy atom. The summed E-state index contributed by atoms with van der Waals surface area (Å²) in [6.07, 6.45) is -1.05. The number of halogens is 1. The van der Waals surface area contributed by atoms with Gasteiger partial charge in [-0.25, -0.2) is 0 Å². The minimum Gasteiger partial charge on any atom is -0.490 e. The molecule has 1 heterocycles. The highest BCUT2D eigenvalue weighted by molar-refractivity contribution is 6.32. The number of nitrogens with zero attached hydrogens (tertiary/aromatic N) is 1. The number of hydrogen-bond acceptors (Lipinski definition) is 4. The smallest absolute Gasteiger partial charge is 0.267 e. The number of hydrogen-bond donors (Lipinski definition) is 0. The van der Waals surface area contributed by atoms with Crippen LogP contribution in [0.5, 0.6) is 17.2 Å². The van der Waals surface area contributed by atoms with Gasteiger partial charge in [-0.1, -0.05) is 35.9 Å². The van der Waals surface area contributed by atoms with E-state index in [1.165, 1.54) is 0 Å². The fraction of sp³-hybridized carbons (Fsp3) is 0.316. The van der Waals surface area contributed by atoms with Gasteiger partial charge in [-0.2, -0.15) is 0 Å². The van der Waals surface area contributed by atoms with Crippen molar-refractivity contribution in [1.82, 2.24) is 4.90 Å². The molecule has 0 radical (unpaired) electrons. The predicted octanol–water partition coefficient (Wildman–Crippen LogP) is 3.41. The molecular formula is C19H20ClNO4. The first kappa shape index (κ1) is 17.4. The van der Waals surface area contributed by atoms with Gasteiger partial charge < -0.3 is 19.1 Å². The maximum Gasteiger partial charge on any atom is 0.267 e. The van der Waals surface area contributed by atoms with Crippen LogP contribution in [0, 0.1) is 0 Å². The minimum atomic E-state index is -0.680. The number of benzene rings is 2. The van der Waals surface area contributed by atoms with E-state index in [9.17, 15) is 4.79 Å². The Hall–Kier alpha value is -2.40. The molecule has 0 aromatic heterocycles. The van der Waals surface area contributed by atoms with Crippen LogP contribution >= 0.6 is 11.6 Å². The molecule has 0 N–H and O–H groups in total. The molecule has 0 aliphatic carbocycles. The largest absolute Gasteiger partial charge is 0.490 e. The molecule has 1 aliphatic rings. The van der Waals surface area contributed by atoms with E-state index < -0.39 is 6.10 Å². The van der Waals surface area contributed by atoms with Crippen LogP contribution in [0.15, 0.2) is 48.5 Å². The van der Waals surface area contributed by atoms with E-state index in [1.54, 1.807) is 30.1 Å². The fourth-order valence-corrected chi connectivity index (χ4v) is 2.76. The predicted molar refractivity (Wildman–Crippen MR) is 95.5 cm³/mol. The first-order valence-corrected chi connectivity index (χ1v) is 8.48. The van der Waals surface area contributed by atoms with Crippen molar-refractivity contribution in [3.8, 4) is 17.2 Å². The maximum atomic E-state index is 12.7. The van der Waals surface area contributed by atoms with Crippen LogP contribution < -0.4 is 14.2 Å². The highest BCUT2D eigenvalue weighted by Gasteiger charge is 2.35. The van der Waals surface area contributed by atoms with Crippen molar-refractivity contribution in [2.45, 2.75) is 19.1 Å². The molecule has 2 unspecified atom stereocenters. The van der Waals surface area contributed by atoms with E-state index in [4.69, 9.17) is 25.8 Å². The van der Waals surface area contributed by atoms with Crippen molar-refractivity contribution in [1.29, 1.82) is 0 Å². The van der Waals surface area contributed by atoms with Crippen molar-refractivity contribution in [2.24, 2.45) is 0 Å². The molecule has 0 fully saturated rings. The topological polar surface area (TPSA) is 48.0 Å². The van der Waals surface area contributed by atoms with Crippen LogP contribution in [0.3, 0.4) is 0 Å². The lowest BCUT2D eigenvalue weighted by molar-refractivity contribution is -0.143. The van der Waals surface area contributed by atoms with Gasteiger partial charge in [0.2, 0.25) is 6.10 Å². The molecule has 0 spiro atoms. The quantitative estimate of drug-likeness (QED) is 0.818. The molecule has 3 rings (SSSR count). The van der Waals surface area contributed by atoms with Gasteiger partial charge in [0.1, 0.15) is 18.5 Å². The van der Waals surface area contributed by atoms with Crippen LogP contribution in [0.25, 0.3) is 0 Å². The first-order valence-electron chi connectivity index (χ1n) is 8.11. The number of para-hydroxylation sites is 3. The lowest BCUT2D eigenvalue weighted by Gasteiger charge is -2.33. The number of ether oxygens (including phenoxy) is 3. The summed E-state index contributed by atoms with van der Waals surface area (Å²) in [6.45, 7) is 2.58. The number of likely N-dealkylation sites (N-methyl/N-ethyl adjacent to an activating group) is 1. The molecule has 25 heavy (non-hydrogen) atoms. The Balaban J connectivity index is 1.56. The summed E-state index contributed by atoms with van der Waals surface area (Å²) >= 11 is 6.05. The second-order valence-electron chi connectivity index (χ2n) is 5.85. The average molecular weight is 362 g/mol. The van der Waals surface area contributed by atoms with Crippen molar-refractivity contribution in [2.75, 3.05) is 20.2 Å². The zero-order chi connectivity index (χ0) is 17.8. The van der Waals surface area contributed by atoms with Crippen LogP contribution in [-0.2, 0) is 4.79 Å². The molecule has 0 saturated carbocycles. The van der Waals surface area contributed by atoms with Crippen LogP contribution in [0.1, 0.15) is 6.92 Å². The standard InChI is InChI=1S/C19H20ClNO4/c1-13-18(25-17-10-6-5-9-16(17)24-13)19(22)21(2)11-12-23-15-8-4-3-7-14(15)20/h3-10,13,18H,11-12H2,1-2H3. The summed E-state index contributed by atoms with van der Waals surface area (Å²) in [6, 6.07) is 14.6. The average Bonchev–Trinajstić information content (AvgIpc) is 2.62. The zero-order valence-electron chi connectivity index (χ0n) is 14.1. The summed E-state index contributed by atoms with van der Waals surface area (Å²) < 4.78 is 17.2. The zero-order valence-corrected chi connectivity index (χ0v) is 14.9. The van der Waals surface area contributed by atoms with Gasteiger partial charge in [0.25, 0.3) is 5.91 Å². The molecule has 1 aliphatic heterocycles. The number of rotatable bonds is 5. The summed E-state index contributed by atoms with van der Waals surface area (Å²) in [4.78, 5) is 14.2. The normalized spacial score (nSPS) is 18.5. The van der Waals surface area contributed by atoms with Crippen molar-refractivity contribution < 1.29 is 19.0 Å². The molecule has 1 amide bonds. The fourth-order valence-electron chi connectivity index (χ4n) is 2.57. The monoisotopic (exact) mass is 361 g/mol. The lowest BCUT2D eigenvalue weighted by Crippen LogP contribution is -2.50. The van der Waals surface area contributed by atoms with Gasteiger partial charge >= 0.3 is 0 Å². The summed E-state index contributed by atoms with van der Waals surface area (Å²) in [5.41, 5.74) is 0. The molecule has 2 aromatic rings. The minimum absolute atomic E-state index is 0.148. The molecule has 0 bridgehead atoms. The van der Waals surface area contributed by atoms with Gasteiger partial charge in [0.05, 0.1) is 11.6 Å². The summed E-state index contributed by atoms with van der Waals surface area (Å²) in [5.74, 6) is 1.69. The van der Waals surface area contributed by atoms with Gasteiger partial charge in [0.15, 0.2) is 11.5 Å². The molecule has 5 nitrogen and oxygen atoms in total. The Kier molecular flexibility index (Phi) is 5.34. The Labute approximate surface area is 152 Å². The summed E-state index contributed by atoms with van der Waals surface area (Å²) in [7, 11) is 1.72. The number of fused-ring (bicyclic) bond motifs is 1. The third kappa shape index (κ3) is 3.99. The van der Waals surface area contributed by atoms with E-state index in [1.807, 2.05) is 37.3 Å². The highest BCUT2D eigenvalue weighted by atomic mass is 35.5. The number of amides is 1. The van der Waals surface area contributed by atoms with Gasteiger partial charge in [-0.3, -0.25) is 4.79 Å². The van der Waals surface area contributed by atoms with Crippen molar-refractivity contribution in [3.63, 3.8) is 0 Å². The Morgan fingerprint density at radius 2 is 1.76 bits per heavy atom. The molecule has 2 atom stereocenters. The lowest BCUT2D eigenvalue weighted by atomic mass is 10.1. The van der Waals surface area contributed by atoms with Crippen LogP contribution in [0.2, 0.25) is 5.02 Å². The van der Waals surface area contributed by atoms with E-state index in [0.717, 1.165) is 0 Å². The molecule has 6 heteroatoms. The van der Waals surface area contributed by atoms with Crippen molar-refractivity contribution >= 4 is 17.5 Å². The molecule has 2 aromatic carbocycles. The second kappa shape index (κ2) is 7.66. The van der Waals surface area contributed by atoms with Gasteiger partial charge in [-0.05, 0) is 31.2 Å². The molecule has 0 saturated heterocycles. The maximum absolute atomic E-state index is 12.7. The molecular weight excluding hydrogens is 342 g/mol. The Bertz CT molecular complexity index is 752. The van der Waals surface area contributed by atoms with E-state index >= 15 is 0 Å². The third-order valence-corrected chi connectivity index (χ3v) is 4.30. The Morgan fingerprint density at radius 3 is 2.48 bits per heavy atom. The van der Waals surface area contributed by atoms with Gasteiger partial charge in [0, 0.05) is 7.05 Å². The van der Waals surface area contributed by atoms with Crippen molar-refractivity contribution in [3.05, 3.63) is 53.6 Å². The van der Waals surface area contributed by atoms with Crippen LogP contribution in [-0.4, -0.2) is 43.2 Å². The number of carbonyl (C=O) groups is 1.